The molecule has 0 aliphatic carbocycles. The summed E-state index contributed by atoms with van der Waals surface area (Å²) in [5.41, 5.74) is 7.15. The normalized spacial score (nSPS) is 16.3. The second-order valence-electron chi connectivity index (χ2n) is 14.8. The predicted molar refractivity (Wildman–Crippen MR) is 206 cm³/mol. The first-order valence-corrected chi connectivity index (χ1v) is 17.2. The standard InChI is InChI=1S/C44H33BN2O2/c1-43(2)44(3,4)49-45(48-43)28-24-36-41-37(25-28)47-35-23-22-27-21-20-26-12-8-9-15-30(26)38(27)40(35)33-18-10-17-32(42(33)47)31-16-11-19-34(39(31)41)46(36)29-13-6-5-7-14-29/h5-25H,1-4H3. The van der Waals surface area contributed by atoms with E-state index in [1.54, 1.807) is 0 Å². The van der Waals surface area contributed by atoms with E-state index in [9.17, 15) is 0 Å². The van der Waals surface area contributed by atoms with Gasteiger partial charge in [0.25, 0.3) is 0 Å². The maximum Gasteiger partial charge on any atom is 0.494 e. The van der Waals surface area contributed by atoms with Crippen LogP contribution in [0, 0.1) is 0 Å². The van der Waals surface area contributed by atoms with Crippen molar-refractivity contribution in [3.05, 3.63) is 127 Å². The highest BCUT2D eigenvalue weighted by molar-refractivity contribution is 6.63. The number of aromatic nitrogens is 2. The lowest BCUT2D eigenvalue weighted by molar-refractivity contribution is 0.00578. The third-order valence-electron chi connectivity index (χ3n) is 11.6. The molecule has 0 unspecified atom stereocenters. The fourth-order valence-corrected chi connectivity index (χ4v) is 8.68. The van der Waals surface area contributed by atoms with E-state index in [4.69, 9.17) is 9.31 Å². The van der Waals surface area contributed by atoms with Gasteiger partial charge >= 0.3 is 7.12 Å². The molecule has 0 N–H and O–H groups in total. The minimum absolute atomic E-state index is 0.458. The highest BCUT2D eigenvalue weighted by atomic mass is 16.7. The summed E-state index contributed by atoms with van der Waals surface area (Å²) >= 11 is 0. The van der Waals surface area contributed by atoms with Crippen molar-refractivity contribution in [2.75, 3.05) is 0 Å². The van der Waals surface area contributed by atoms with Crippen LogP contribution in [0.1, 0.15) is 27.7 Å². The van der Waals surface area contributed by atoms with Crippen LogP contribution in [-0.2, 0) is 9.31 Å². The average Bonchev–Trinajstić information content (AvgIpc) is 3.68. The number of hydrogen-bond donors (Lipinski definition) is 0. The van der Waals surface area contributed by atoms with Crippen molar-refractivity contribution in [2.45, 2.75) is 38.9 Å². The van der Waals surface area contributed by atoms with Crippen molar-refractivity contribution in [3.8, 4) is 5.69 Å². The maximum atomic E-state index is 6.74. The van der Waals surface area contributed by atoms with Gasteiger partial charge in [0, 0.05) is 32.6 Å². The minimum atomic E-state index is -0.507. The van der Waals surface area contributed by atoms with Crippen LogP contribution in [0.4, 0.5) is 0 Å². The summed E-state index contributed by atoms with van der Waals surface area (Å²) < 4.78 is 18.4. The number of nitrogens with zero attached hydrogens (tertiary/aromatic N) is 2. The van der Waals surface area contributed by atoms with Crippen molar-refractivity contribution in [1.82, 2.24) is 8.97 Å². The van der Waals surface area contributed by atoms with Gasteiger partial charge < -0.3 is 18.3 Å². The molecule has 0 bridgehead atoms. The van der Waals surface area contributed by atoms with Gasteiger partial charge in [-0.15, -0.1) is 0 Å². The fraction of sp³-hybridized carbons (Fsp3) is 0.136. The van der Waals surface area contributed by atoms with Crippen LogP contribution in [0.25, 0.3) is 87.1 Å². The first kappa shape index (κ1) is 27.6. The summed E-state index contributed by atoms with van der Waals surface area (Å²) in [5, 5.41) is 12.6. The van der Waals surface area contributed by atoms with E-state index < -0.39 is 18.3 Å². The molecule has 5 heteroatoms. The number of rotatable bonds is 2. The Kier molecular flexibility index (Phi) is 5.18. The zero-order valence-corrected chi connectivity index (χ0v) is 27.9. The third kappa shape index (κ3) is 3.46. The van der Waals surface area contributed by atoms with Crippen LogP contribution < -0.4 is 5.46 Å². The fourth-order valence-electron chi connectivity index (χ4n) is 8.68. The molecule has 0 spiro atoms. The maximum absolute atomic E-state index is 6.74. The molecule has 0 saturated carbocycles. The number of hydrogen-bond acceptors (Lipinski definition) is 2. The molecule has 234 valence electrons. The van der Waals surface area contributed by atoms with Crippen molar-refractivity contribution >= 4 is 94.0 Å². The van der Waals surface area contributed by atoms with Gasteiger partial charge in [0.15, 0.2) is 0 Å². The summed E-state index contributed by atoms with van der Waals surface area (Å²) in [5.74, 6) is 0. The third-order valence-corrected chi connectivity index (χ3v) is 11.6. The molecule has 0 radical (unpaired) electrons. The van der Waals surface area contributed by atoms with E-state index in [0.29, 0.717) is 0 Å². The van der Waals surface area contributed by atoms with E-state index >= 15 is 0 Å². The minimum Gasteiger partial charge on any atom is -0.399 e. The lowest BCUT2D eigenvalue weighted by Crippen LogP contribution is -2.41. The zero-order chi connectivity index (χ0) is 32.8. The Hall–Kier alpha value is -5.36. The lowest BCUT2D eigenvalue weighted by atomic mass is 9.78. The van der Waals surface area contributed by atoms with E-state index in [-0.39, 0.29) is 0 Å². The van der Waals surface area contributed by atoms with Crippen molar-refractivity contribution in [3.63, 3.8) is 0 Å². The lowest BCUT2D eigenvalue weighted by Gasteiger charge is -2.32. The molecule has 4 heterocycles. The van der Waals surface area contributed by atoms with E-state index in [1.165, 1.54) is 70.4 Å². The van der Waals surface area contributed by atoms with Gasteiger partial charge in [-0.1, -0.05) is 91.0 Å². The monoisotopic (exact) mass is 632 g/mol. The second-order valence-corrected chi connectivity index (χ2v) is 14.8. The molecule has 0 amide bonds. The molecular formula is C44H33BN2O2. The van der Waals surface area contributed by atoms with Gasteiger partial charge in [-0.3, -0.25) is 0 Å². The van der Waals surface area contributed by atoms with Gasteiger partial charge in [-0.05, 0) is 96.5 Å². The van der Waals surface area contributed by atoms with Crippen LogP contribution >= 0.6 is 0 Å². The molecule has 1 fully saturated rings. The molecule has 0 atom stereocenters. The van der Waals surface area contributed by atoms with Crippen LogP contribution in [0.3, 0.4) is 0 Å². The van der Waals surface area contributed by atoms with E-state index in [1.807, 2.05) is 0 Å². The summed E-state index contributed by atoms with van der Waals surface area (Å²) in [7, 11) is -0.507. The van der Waals surface area contributed by atoms with Crippen LogP contribution in [0.5, 0.6) is 0 Å². The van der Waals surface area contributed by atoms with Crippen LogP contribution in [-0.4, -0.2) is 27.3 Å². The Balaban J connectivity index is 1.42. The summed E-state index contributed by atoms with van der Waals surface area (Å²) in [6, 6.07) is 46.9. The van der Waals surface area contributed by atoms with Crippen molar-refractivity contribution in [2.24, 2.45) is 0 Å². The molecular weight excluding hydrogens is 599 g/mol. The van der Waals surface area contributed by atoms with Gasteiger partial charge in [0.2, 0.25) is 0 Å². The number of benzene rings is 7. The molecule has 1 aliphatic rings. The Morgan fingerprint density at radius 2 is 1.10 bits per heavy atom. The average molecular weight is 633 g/mol. The first-order valence-electron chi connectivity index (χ1n) is 17.2. The van der Waals surface area contributed by atoms with Crippen LogP contribution in [0.15, 0.2) is 127 Å². The summed E-state index contributed by atoms with van der Waals surface area (Å²) in [4.78, 5) is 0. The van der Waals surface area contributed by atoms with Crippen molar-refractivity contribution < 1.29 is 9.31 Å². The summed E-state index contributed by atoms with van der Waals surface area (Å²) in [6.45, 7) is 8.51. The first-order chi connectivity index (χ1) is 23.8. The Morgan fingerprint density at radius 1 is 0.469 bits per heavy atom. The van der Waals surface area contributed by atoms with Crippen molar-refractivity contribution in [1.29, 1.82) is 0 Å². The largest absolute Gasteiger partial charge is 0.494 e. The van der Waals surface area contributed by atoms with Gasteiger partial charge in [-0.2, -0.15) is 0 Å². The van der Waals surface area contributed by atoms with Crippen LogP contribution in [0.2, 0.25) is 0 Å². The zero-order valence-electron chi connectivity index (χ0n) is 27.9. The Labute approximate surface area is 283 Å². The SMILES string of the molecule is CC1(C)OB(c2cc3c4c5c(cccc5n3-c3ccccc3)c3cccc5c6c7c(ccc8ccccc87)ccc6n(c4c2)c35)OC1(C)C. The smallest absolute Gasteiger partial charge is 0.399 e. The van der Waals surface area contributed by atoms with E-state index in [2.05, 4.69) is 164 Å². The Morgan fingerprint density at radius 3 is 1.94 bits per heavy atom. The molecule has 4 nitrogen and oxygen atoms in total. The highest BCUT2D eigenvalue weighted by Crippen LogP contribution is 2.46. The molecule has 10 aromatic rings. The second kappa shape index (κ2) is 9.20. The number of fused-ring (bicyclic) bond motifs is 9. The number of para-hydroxylation sites is 2. The Bertz CT molecular complexity index is 2990. The van der Waals surface area contributed by atoms with Gasteiger partial charge in [-0.25, -0.2) is 0 Å². The molecule has 1 aliphatic heterocycles. The molecule has 7 aromatic carbocycles. The molecule has 3 aromatic heterocycles. The highest BCUT2D eigenvalue weighted by Gasteiger charge is 2.52. The quantitative estimate of drug-likeness (QED) is 0.140. The topological polar surface area (TPSA) is 27.8 Å². The molecule has 49 heavy (non-hydrogen) atoms. The van der Waals surface area contributed by atoms with E-state index in [0.717, 1.165) is 22.2 Å². The van der Waals surface area contributed by atoms with Gasteiger partial charge in [0.05, 0.1) is 38.8 Å². The predicted octanol–water partition coefficient (Wildman–Crippen LogP) is 10.5. The molecule has 1 saturated heterocycles. The summed E-state index contributed by atoms with van der Waals surface area (Å²) in [6.07, 6.45) is 0. The molecule has 11 rings (SSSR count). The van der Waals surface area contributed by atoms with Gasteiger partial charge in [0.1, 0.15) is 0 Å².